The summed E-state index contributed by atoms with van der Waals surface area (Å²) in [5.41, 5.74) is 1.57. The lowest BCUT2D eigenvalue weighted by atomic mass is 10.1. The number of benzene rings is 2. The Morgan fingerprint density at radius 1 is 1.04 bits per heavy atom. The van der Waals surface area contributed by atoms with Crippen LogP contribution in [0.1, 0.15) is 12.0 Å². The number of hydrogen-bond acceptors (Lipinski definition) is 4. The molecule has 2 N–H and O–H groups in total. The van der Waals surface area contributed by atoms with Crippen LogP contribution in [0.4, 0.5) is 5.69 Å². The average Bonchev–Trinajstić information content (AvgIpc) is 2.54. The lowest BCUT2D eigenvalue weighted by molar-refractivity contribution is -0.306. The number of rotatable bonds is 7. The fraction of sp³-hybridized carbons (Fsp3) is 0.176. The summed E-state index contributed by atoms with van der Waals surface area (Å²) >= 11 is 3.31. The first-order chi connectivity index (χ1) is 11.0. The summed E-state index contributed by atoms with van der Waals surface area (Å²) in [5, 5.41) is 16.5. The van der Waals surface area contributed by atoms with Crippen LogP contribution in [-0.4, -0.2) is 17.9 Å². The van der Waals surface area contributed by atoms with E-state index in [2.05, 4.69) is 26.6 Å². The summed E-state index contributed by atoms with van der Waals surface area (Å²) in [4.78, 5) is 23.2. The molecular weight excluding hydrogens is 360 g/mol. The van der Waals surface area contributed by atoms with Gasteiger partial charge in [-0.1, -0.05) is 46.3 Å². The van der Waals surface area contributed by atoms with E-state index in [1.807, 2.05) is 30.3 Å². The summed E-state index contributed by atoms with van der Waals surface area (Å²) in [6, 6.07) is 15.6. The quantitative estimate of drug-likeness (QED) is 0.771. The molecule has 0 bridgehead atoms. The Bertz CT molecular complexity index is 659. The summed E-state index contributed by atoms with van der Waals surface area (Å²) in [6.07, 6.45) is -0.394. The van der Waals surface area contributed by atoms with Gasteiger partial charge >= 0.3 is 0 Å². The van der Waals surface area contributed by atoms with Gasteiger partial charge in [-0.05, 0) is 29.8 Å². The van der Waals surface area contributed by atoms with Crippen molar-refractivity contribution < 1.29 is 14.7 Å². The Hall–Kier alpha value is -2.18. The van der Waals surface area contributed by atoms with E-state index in [0.717, 1.165) is 10.0 Å². The fourth-order valence-electron chi connectivity index (χ4n) is 2.02. The molecule has 0 aliphatic carbocycles. The lowest BCUT2D eigenvalue weighted by Crippen LogP contribution is -2.44. The van der Waals surface area contributed by atoms with Crippen molar-refractivity contribution in [3.05, 3.63) is 64.6 Å². The van der Waals surface area contributed by atoms with Crippen molar-refractivity contribution in [2.75, 3.05) is 5.32 Å². The van der Waals surface area contributed by atoms with Gasteiger partial charge in [0.2, 0.25) is 5.91 Å². The van der Waals surface area contributed by atoms with Gasteiger partial charge in [-0.2, -0.15) is 0 Å². The maximum atomic E-state index is 12.3. The Labute approximate surface area is 142 Å². The van der Waals surface area contributed by atoms with E-state index in [1.54, 1.807) is 24.3 Å². The molecule has 1 unspecified atom stereocenters. The Balaban J connectivity index is 2.00. The average molecular weight is 376 g/mol. The Morgan fingerprint density at radius 2 is 1.70 bits per heavy atom. The van der Waals surface area contributed by atoms with Crippen molar-refractivity contribution in [3.63, 3.8) is 0 Å². The van der Waals surface area contributed by atoms with Crippen LogP contribution in [0.2, 0.25) is 0 Å². The molecule has 6 heteroatoms. The second-order valence-electron chi connectivity index (χ2n) is 4.99. The molecule has 1 atom stereocenters. The van der Waals surface area contributed by atoms with Gasteiger partial charge in [-0.3, -0.25) is 4.79 Å². The summed E-state index contributed by atoms with van der Waals surface area (Å²) in [5.74, 6) is -1.69. The largest absolute Gasteiger partial charge is 0.550 e. The number of amides is 1. The second kappa shape index (κ2) is 8.45. The van der Waals surface area contributed by atoms with Crippen molar-refractivity contribution >= 4 is 33.5 Å². The number of anilines is 1. The van der Waals surface area contributed by atoms with E-state index in [1.165, 1.54) is 0 Å². The van der Waals surface area contributed by atoms with Crippen LogP contribution in [0, 0.1) is 0 Å². The van der Waals surface area contributed by atoms with Crippen molar-refractivity contribution in [3.8, 4) is 0 Å². The highest BCUT2D eigenvalue weighted by molar-refractivity contribution is 9.10. The van der Waals surface area contributed by atoms with Crippen LogP contribution in [0.3, 0.4) is 0 Å². The molecule has 0 saturated heterocycles. The number of carbonyl (C=O) groups is 2. The molecule has 2 aromatic carbocycles. The number of aliphatic carboxylic acids is 1. The molecule has 1 amide bonds. The summed E-state index contributed by atoms with van der Waals surface area (Å²) in [7, 11) is 0. The predicted octanol–water partition coefficient (Wildman–Crippen LogP) is 1.69. The third-order valence-electron chi connectivity index (χ3n) is 3.19. The van der Waals surface area contributed by atoms with Crippen LogP contribution in [-0.2, 0) is 16.1 Å². The topological polar surface area (TPSA) is 81.3 Å². The molecule has 0 heterocycles. The van der Waals surface area contributed by atoms with Crippen LogP contribution in [0.25, 0.3) is 0 Å². The maximum Gasteiger partial charge on any atom is 0.241 e. The number of halogens is 1. The molecule has 0 radical (unpaired) electrons. The molecule has 0 aliphatic rings. The highest BCUT2D eigenvalue weighted by atomic mass is 79.9. The first-order valence-corrected chi connectivity index (χ1v) is 7.87. The van der Waals surface area contributed by atoms with Crippen LogP contribution in [0.15, 0.2) is 59.1 Å². The van der Waals surface area contributed by atoms with Crippen LogP contribution >= 0.6 is 15.9 Å². The minimum Gasteiger partial charge on any atom is -0.550 e. The zero-order valence-electron chi connectivity index (χ0n) is 12.3. The van der Waals surface area contributed by atoms with Gasteiger partial charge in [-0.25, -0.2) is 0 Å². The smallest absolute Gasteiger partial charge is 0.241 e. The van der Waals surface area contributed by atoms with Crippen molar-refractivity contribution in [2.24, 2.45) is 0 Å². The molecule has 0 aromatic heterocycles. The number of carboxylic acid groups (broad SMARTS) is 1. The Kier molecular flexibility index (Phi) is 6.31. The minimum absolute atomic E-state index is 0.394. The standard InChI is InChI=1S/C17H17BrN2O3/c18-13-6-8-14(9-7-13)20-17(23)15(10-16(21)22)19-11-12-4-2-1-3-5-12/h1-9,15,19H,10-11H2,(H,20,23)(H,21,22)/p-1. The lowest BCUT2D eigenvalue weighted by Gasteiger charge is -2.19. The van der Waals surface area contributed by atoms with Crippen molar-refractivity contribution in [1.29, 1.82) is 0 Å². The zero-order chi connectivity index (χ0) is 16.7. The third-order valence-corrected chi connectivity index (χ3v) is 3.72. The van der Waals surface area contributed by atoms with Gasteiger partial charge in [0.15, 0.2) is 0 Å². The second-order valence-corrected chi connectivity index (χ2v) is 5.91. The zero-order valence-corrected chi connectivity index (χ0v) is 13.9. The van der Waals surface area contributed by atoms with Gasteiger partial charge in [0, 0.05) is 29.1 Å². The third kappa shape index (κ3) is 5.84. The van der Waals surface area contributed by atoms with E-state index in [4.69, 9.17) is 0 Å². The molecule has 23 heavy (non-hydrogen) atoms. The van der Waals surface area contributed by atoms with Crippen LogP contribution in [0.5, 0.6) is 0 Å². The predicted molar refractivity (Wildman–Crippen MR) is 89.5 cm³/mol. The molecule has 0 saturated carbocycles. The fourth-order valence-corrected chi connectivity index (χ4v) is 2.29. The molecule has 0 spiro atoms. The monoisotopic (exact) mass is 375 g/mol. The molecule has 0 fully saturated rings. The number of carbonyl (C=O) groups excluding carboxylic acids is 2. The summed E-state index contributed by atoms with van der Waals surface area (Å²) in [6.45, 7) is 0.395. The summed E-state index contributed by atoms with van der Waals surface area (Å²) < 4.78 is 0.893. The molecule has 2 rings (SSSR count). The van der Waals surface area contributed by atoms with E-state index in [9.17, 15) is 14.7 Å². The number of hydrogen-bond donors (Lipinski definition) is 2. The van der Waals surface area contributed by atoms with Gasteiger partial charge in [0.05, 0.1) is 6.04 Å². The maximum absolute atomic E-state index is 12.3. The van der Waals surface area contributed by atoms with E-state index in [0.29, 0.717) is 12.2 Å². The van der Waals surface area contributed by atoms with Gasteiger partial charge in [0.1, 0.15) is 0 Å². The minimum atomic E-state index is -1.28. The molecule has 2 aromatic rings. The normalized spacial score (nSPS) is 11.7. The SMILES string of the molecule is O=C([O-])CC(NCc1ccccc1)C(=O)Nc1ccc(Br)cc1. The molecule has 0 aliphatic heterocycles. The Morgan fingerprint density at radius 3 is 2.30 bits per heavy atom. The van der Waals surface area contributed by atoms with Gasteiger partial charge in [0.25, 0.3) is 0 Å². The van der Waals surface area contributed by atoms with Gasteiger partial charge in [-0.15, -0.1) is 0 Å². The number of nitrogens with one attached hydrogen (secondary N) is 2. The van der Waals surface area contributed by atoms with E-state index < -0.39 is 24.3 Å². The van der Waals surface area contributed by atoms with Crippen molar-refractivity contribution in [2.45, 2.75) is 19.0 Å². The van der Waals surface area contributed by atoms with Crippen molar-refractivity contribution in [1.82, 2.24) is 5.32 Å². The van der Waals surface area contributed by atoms with E-state index >= 15 is 0 Å². The number of carboxylic acids is 1. The first-order valence-electron chi connectivity index (χ1n) is 7.08. The van der Waals surface area contributed by atoms with Gasteiger partial charge < -0.3 is 20.5 Å². The molecular formula is C17H16BrN2O3-. The van der Waals surface area contributed by atoms with E-state index in [-0.39, 0.29) is 0 Å². The first kappa shape index (κ1) is 17.2. The van der Waals surface area contributed by atoms with Crippen LogP contribution < -0.4 is 15.7 Å². The highest BCUT2D eigenvalue weighted by Crippen LogP contribution is 2.14. The molecule has 5 nitrogen and oxygen atoms in total. The molecule has 120 valence electrons. The highest BCUT2D eigenvalue weighted by Gasteiger charge is 2.18.